The van der Waals surface area contributed by atoms with Gasteiger partial charge in [-0.25, -0.2) is 0 Å². The number of ether oxygens (including phenoxy) is 2. The van der Waals surface area contributed by atoms with Crippen molar-refractivity contribution in [3.63, 3.8) is 0 Å². The van der Waals surface area contributed by atoms with E-state index in [1.54, 1.807) is 15.2 Å². The summed E-state index contributed by atoms with van der Waals surface area (Å²) in [4.78, 5) is 10.3. The van der Waals surface area contributed by atoms with Gasteiger partial charge in [-0.15, -0.1) is 0 Å². The van der Waals surface area contributed by atoms with Crippen molar-refractivity contribution in [3.05, 3.63) is 0 Å². The van der Waals surface area contributed by atoms with Gasteiger partial charge in [0, 0.05) is 13.0 Å². The minimum Gasteiger partial charge on any atom is -0.438 e. The van der Waals surface area contributed by atoms with Crippen LogP contribution in [0.5, 0.6) is 0 Å². The van der Waals surface area contributed by atoms with Crippen molar-refractivity contribution >= 4 is 16.4 Å². The van der Waals surface area contributed by atoms with Crippen molar-refractivity contribution in [1.29, 1.82) is 0 Å². The van der Waals surface area contributed by atoms with Crippen LogP contribution in [0.3, 0.4) is 0 Å². The molecule has 1 N–H and O–H groups in total. The fourth-order valence-electron chi connectivity index (χ4n) is 2.16. The van der Waals surface area contributed by atoms with E-state index < -0.39 is 8.32 Å². The lowest BCUT2D eigenvalue weighted by molar-refractivity contribution is -0.113. The lowest BCUT2D eigenvalue weighted by Gasteiger charge is -2.38. The molecule has 0 aromatic heterocycles. The standard InChI is InChI=1S/C11H25BO4Si/c1-11(2,17(4,5)13)6-8-9(16-12)7-15-10(8)14-3/h8-10,13H,6-7,12H2,1-5H3/t8-,9-,10?/m0/s1. The lowest BCUT2D eigenvalue weighted by atomic mass is 9.92. The maximum Gasteiger partial charge on any atom is 0.257 e. The molecule has 1 unspecified atom stereocenters. The first-order chi connectivity index (χ1) is 7.73. The topological polar surface area (TPSA) is 47.9 Å². The second kappa shape index (κ2) is 5.40. The van der Waals surface area contributed by atoms with Gasteiger partial charge in [-0.1, -0.05) is 13.8 Å². The Morgan fingerprint density at radius 1 is 1.47 bits per heavy atom. The molecule has 0 bridgehead atoms. The van der Waals surface area contributed by atoms with Crippen LogP contribution in [0.1, 0.15) is 20.3 Å². The molecule has 4 nitrogen and oxygen atoms in total. The Morgan fingerprint density at radius 2 is 2.06 bits per heavy atom. The Balaban J connectivity index is 2.77. The van der Waals surface area contributed by atoms with E-state index in [-0.39, 0.29) is 23.4 Å². The van der Waals surface area contributed by atoms with Crippen LogP contribution in [0.15, 0.2) is 0 Å². The summed E-state index contributed by atoms with van der Waals surface area (Å²) in [5.41, 5.74) is 0. The quantitative estimate of drug-likeness (QED) is 0.746. The van der Waals surface area contributed by atoms with Gasteiger partial charge in [0.1, 0.15) is 0 Å². The van der Waals surface area contributed by atoms with Gasteiger partial charge in [-0.05, 0) is 24.6 Å². The van der Waals surface area contributed by atoms with Crippen LogP contribution in [-0.2, 0) is 14.1 Å². The van der Waals surface area contributed by atoms with Crippen molar-refractivity contribution in [2.24, 2.45) is 5.92 Å². The molecule has 6 heteroatoms. The molecule has 1 fully saturated rings. The highest BCUT2D eigenvalue weighted by Crippen LogP contribution is 2.45. The summed E-state index contributed by atoms with van der Waals surface area (Å²) < 4.78 is 16.4. The Kier molecular flexibility index (Phi) is 4.82. The lowest BCUT2D eigenvalue weighted by Crippen LogP contribution is -2.42. The summed E-state index contributed by atoms with van der Waals surface area (Å²) >= 11 is 0. The second-order valence-electron chi connectivity index (χ2n) is 6.02. The molecule has 0 spiro atoms. The monoisotopic (exact) mass is 260 g/mol. The summed E-state index contributed by atoms with van der Waals surface area (Å²) in [5, 5.41) is -0.0844. The zero-order valence-corrected chi connectivity index (χ0v) is 12.8. The summed E-state index contributed by atoms with van der Waals surface area (Å²) in [7, 11) is 1.16. The molecular weight excluding hydrogens is 235 g/mol. The third-order valence-electron chi connectivity index (χ3n) is 4.19. The summed E-state index contributed by atoms with van der Waals surface area (Å²) in [6.45, 7) is 8.77. The SMILES string of the molecule is BO[C@H]1COC(OC)[C@H]1CC(C)(C)[Si](C)(C)O. The minimum atomic E-state index is -2.20. The van der Waals surface area contributed by atoms with Gasteiger partial charge in [0.2, 0.25) is 0 Å². The third kappa shape index (κ3) is 3.32. The van der Waals surface area contributed by atoms with Gasteiger partial charge in [0.25, 0.3) is 8.05 Å². The van der Waals surface area contributed by atoms with E-state index >= 15 is 0 Å². The summed E-state index contributed by atoms with van der Waals surface area (Å²) in [6.07, 6.45) is 0.714. The number of methoxy groups -OCH3 is 1. The van der Waals surface area contributed by atoms with Crippen LogP contribution in [0.4, 0.5) is 0 Å². The fourth-order valence-corrected chi connectivity index (χ4v) is 2.90. The molecular formula is C11H25BO4Si. The van der Waals surface area contributed by atoms with Crippen LogP contribution in [-0.4, -0.2) is 47.3 Å². The van der Waals surface area contributed by atoms with Crippen molar-refractivity contribution in [1.82, 2.24) is 0 Å². The molecule has 0 amide bonds. The first kappa shape index (κ1) is 15.2. The Labute approximate surface area is 106 Å². The average Bonchev–Trinajstić information content (AvgIpc) is 2.57. The van der Waals surface area contributed by atoms with Gasteiger partial charge in [-0.2, -0.15) is 0 Å². The normalized spacial score (nSPS) is 30.8. The minimum absolute atomic E-state index is 0.0653. The molecule has 1 aliphatic rings. The predicted octanol–water partition coefficient (Wildman–Crippen LogP) is 0.906. The first-order valence-electron chi connectivity index (χ1n) is 6.12. The highest BCUT2D eigenvalue weighted by Gasteiger charge is 2.46. The van der Waals surface area contributed by atoms with Crippen molar-refractivity contribution in [2.45, 2.75) is 50.8 Å². The predicted molar refractivity (Wildman–Crippen MR) is 72.0 cm³/mol. The third-order valence-corrected chi connectivity index (χ3v) is 7.71. The molecule has 0 aromatic carbocycles. The van der Waals surface area contributed by atoms with Gasteiger partial charge < -0.3 is 18.9 Å². The molecule has 0 saturated carbocycles. The number of hydrogen-bond donors (Lipinski definition) is 1. The van der Waals surface area contributed by atoms with Gasteiger partial charge >= 0.3 is 0 Å². The molecule has 1 rings (SSSR count). The Bertz CT molecular complexity index is 242. The van der Waals surface area contributed by atoms with Crippen LogP contribution >= 0.6 is 0 Å². The van der Waals surface area contributed by atoms with Crippen LogP contribution in [0.25, 0.3) is 0 Å². The van der Waals surface area contributed by atoms with Crippen LogP contribution < -0.4 is 0 Å². The number of rotatable bonds is 5. The molecule has 0 radical (unpaired) electrons. The second-order valence-corrected chi connectivity index (χ2v) is 10.5. The molecule has 1 aliphatic heterocycles. The van der Waals surface area contributed by atoms with E-state index in [0.29, 0.717) is 6.61 Å². The van der Waals surface area contributed by atoms with Gasteiger partial charge in [0.15, 0.2) is 14.6 Å². The molecule has 0 aromatic rings. The highest BCUT2D eigenvalue weighted by atomic mass is 28.4. The van der Waals surface area contributed by atoms with Crippen molar-refractivity contribution in [3.8, 4) is 0 Å². The summed E-state index contributed by atoms with van der Waals surface area (Å²) in [5.74, 6) is 0.193. The van der Waals surface area contributed by atoms with Gasteiger partial charge in [0.05, 0.1) is 12.7 Å². The molecule has 3 atom stereocenters. The van der Waals surface area contributed by atoms with Crippen molar-refractivity contribution in [2.75, 3.05) is 13.7 Å². The van der Waals surface area contributed by atoms with E-state index in [0.717, 1.165) is 6.42 Å². The zero-order chi connectivity index (χ0) is 13.3. The number of hydrogen-bond acceptors (Lipinski definition) is 4. The van der Waals surface area contributed by atoms with E-state index in [4.69, 9.17) is 14.1 Å². The molecule has 0 aliphatic carbocycles. The maximum absolute atomic E-state index is 10.3. The Hall–Kier alpha value is 0.122. The molecule has 1 saturated heterocycles. The molecule has 17 heavy (non-hydrogen) atoms. The summed E-state index contributed by atoms with van der Waals surface area (Å²) in [6, 6.07) is 0. The van der Waals surface area contributed by atoms with Crippen LogP contribution in [0, 0.1) is 5.92 Å². The molecule has 1 heterocycles. The van der Waals surface area contributed by atoms with E-state index in [1.165, 1.54) is 0 Å². The maximum atomic E-state index is 10.3. The van der Waals surface area contributed by atoms with Crippen LogP contribution in [0.2, 0.25) is 18.1 Å². The van der Waals surface area contributed by atoms with E-state index in [9.17, 15) is 4.80 Å². The molecule has 100 valence electrons. The zero-order valence-electron chi connectivity index (χ0n) is 11.8. The van der Waals surface area contributed by atoms with E-state index in [1.807, 2.05) is 13.1 Å². The highest BCUT2D eigenvalue weighted by molar-refractivity contribution is 6.72. The largest absolute Gasteiger partial charge is 0.438 e. The first-order valence-corrected chi connectivity index (χ1v) is 9.07. The smallest absolute Gasteiger partial charge is 0.257 e. The van der Waals surface area contributed by atoms with Gasteiger partial charge in [-0.3, -0.25) is 0 Å². The Morgan fingerprint density at radius 3 is 2.47 bits per heavy atom. The average molecular weight is 260 g/mol. The van der Waals surface area contributed by atoms with Crippen molar-refractivity contribution < 1.29 is 18.9 Å². The fraction of sp³-hybridized carbons (Fsp3) is 1.00. The van der Waals surface area contributed by atoms with E-state index in [2.05, 4.69) is 13.8 Å².